The lowest BCUT2D eigenvalue weighted by molar-refractivity contribution is -0.121. The molecular weight excluding hydrogens is 488 g/mol. The Bertz CT molecular complexity index is 1520. The monoisotopic (exact) mass is 518 g/mol. The number of rotatable bonds is 12. The molecule has 0 aliphatic heterocycles. The number of benzene rings is 2. The number of fused-ring (bicyclic) bond motifs is 1. The van der Waals surface area contributed by atoms with E-state index in [9.17, 15) is 19.2 Å². The number of aromatic nitrogens is 2. The number of hydrogen-bond donors (Lipinski definition) is 2. The van der Waals surface area contributed by atoms with Crippen molar-refractivity contribution in [1.29, 1.82) is 0 Å². The van der Waals surface area contributed by atoms with Crippen LogP contribution in [0.4, 0.5) is 5.69 Å². The third-order valence-corrected chi connectivity index (χ3v) is 5.97. The van der Waals surface area contributed by atoms with Gasteiger partial charge < -0.3 is 19.8 Å². The van der Waals surface area contributed by atoms with Crippen molar-refractivity contribution in [3.8, 4) is 5.75 Å². The Morgan fingerprint density at radius 2 is 1.71 bits per heavy atom. The van der Waals surface area contributed by atoms with Gasteiger partial charge in [-0.2, -0.15) is 0 Å². The Balaban J connectivity index is 1.46. The molecule has 10 heteroatoms. The van der Waals surface area contributed by atoms with Crippen LogP contribution in [-0.2, 0) is 29.2 Å². The molecule has 0 saturated heterocycles. The normalized spacial score (nSPS) is 10.9. The van der Waals surface area contributed by atoms with E-state index >= 15 is 0 Å². The summed E-state index contributed by atoms with van der Waals surface area (Å²) in [6.45, 7) is 2.43. The van der Waals surface area contributed by atoms with Gasteiger partial charge in [0.15, 0.2) is 0 Å². The summed E-state index contributed by atoms with van der Waals surface area (Å²) < 4.78 is 13.2. The number of unbranched alkanes of at least 4 members (excludes halogenated alkanes) is 1. The number of ether oxygens (including phenoxy) is 1. The van der Waals surface area contributed by atoms with Crippen LogP contribution in [0.15, 0.2) is 80.9 Å². The van der Waals surface area contributed by atoms with Crippen LogP contribution >= 0.6 is 0 Å². The Morgan fingerprint density at radius 3 is 2.50 bits per heavy atom. The van der Waals surface area contributed by atoms with Crippen LogP contribution in [0, 0.1) is 0 Å². The molecule has 0 unspecified atom stereocenters. The maximum Gasteiger partial charge on any atom is 0.331 e. The molecule has 0 saturated carbocycles. The number of nitrogens with one attached hydrogen (secondary N) is 2. The Labute approximate surface area is 218 Å². The van der Waals surface area contributed by atoms with Gasteiger partial charge in [-0.25, -0.2) is 4.79 Å². The SMILES string of the molecule is CCOc1ccccc1NC(=O)Cn1c(=O)n(CCCCC(=O)NCc2ccco2)c(=O)c2ccccc21. The first-order valence-electron chi connectivity index (χ1n) is 12.5. The van der Waals surface area contributed by atoms with Gasteiger partial charge in [-0.15, -0.1) is 0 Å². The topological polar surface area (TPSA) is 125 Å². The average molecular weight is 519 g/mol. The van der Waals surface area contributed by atoms with Gasteiger partial charge in [0, 0.05) is 13.0 Å². The number of furan rings is 1. The maximum atomic E-state index is 13.4. The Kier molecular flexibility index (Phi) is 8.76. The van der Waals surface area contributed by atoms with Crippen molar-refractivity contribution in [2.24, 2.45) is 0 Å². The molecular formula is C28H30N4O6. The predicted molar refractivity (Wildman–Crippen MR) is 143 cm³/mol. The summed E-state index contributed by atoms with van der Waals surface area (Å²) in [4.78, 5) is 51.5. The van der Waals surface area contributed by atoms with E-state index in [2.05, 4.69) is 10.6 Å². The fraction of sp³-hybridized carbons (Fsp3) is 0.286. The van der Waals surface area contributed by atoms with Crippen LogP contribution in [-0.4, -0.2) is 27.6 Å². The van der Waals surface area contributed by atoms with E-state index in [1.165, 1.54) is 4.57 Å². The van der Waals surface area contributed by atoms with Gasteiger partial charge in [0.05, 0.1) is 36.0 Å². The highest BCUT2D eigenvalue weighted by Crippen LogP contribution is 2.23. The number of nitrogens with zero attached hydrogens (tertiary/aromatic N) is 2. The molecule has 4 aromatic rings. The van der Waals surface area contributed by atoms with Crippen molar-refractivity contribution >= 4 is 28.4 Å². The number of carbonyl (C=O) groups is 2. The Morgan fingerprint density at radius 1 is 0.921 bits per heavy atom. The van der Waals surface area contributed by atoms with Gasteiger partial charge in [0.2, 0.25) is 11.8 Å². The van der Waals surface area contributed by atoms with Crippen molar-refractivity contribution in [2.45, 2.75) is 45.8 Å². The van der Waals surface area contributed by atoms with E-state index in [4.69, 9.17) is 9.15 Å². The largest absolute Gasteiger partial charge is 0.492 e. The van der Waals surface area contributed by atoms with Gasteiger partial charge in [0.1, 0.15) is 18.1 Å². The highest BCUT2D eigenvalue weighted by molar-refractivity contribution is 5.93. The molecule has 0 radical (unpaired) electrons. The smallest absolute Gasteiger partial charge is 0.331 e. The molecule has 0 atom stereocenters. The second-order valence-electron chi connectivity index (χ2n) is 8.63. The third kappa shape index (κ3) is 6.39. The molecule has 0 fully saturated rings. The molecule has 0 bridgehead atoms. The Hall–Kier alpha value is -4.60. The fourth-order valence-electron chi connectivity index (χ4n) is 4.15. The number of amides is 2. The summed E-state index contributed by atoms with van der Waals surface area (Å²) in [6.07, 6.45) is 2.71. The zero-order valence-corrected chi connectivity index (χ0v) is 21.1. The van der Waals surface area contributed by atoms with Gasteiger partial charge in [-0.3, -0.25) is 23.5 Å². The van der Waals surface area contributed by atoms with E-state index < -0.39 is 17.2 Å². The zero-order valence-electron chi connectivity index (χ0n) is 21.1. The highest BCUT2D eigenvalue weighted by atomic mass is 16.5. The van der Waals surface area contributed by atoms with Crippen molar-refractivity contribution in [3.05, 3.63) is 93.5 Å². The molecule has 2 aromatic heterocycles. The molecule has 0 aliphatic rings. The second-order valence-corrected chi connectivity index (χ2v) is 8.63. The first-order valence-corrected chi connectivity index (χ1v) is 12.5. The van der Waals surface area contributed by atoms with Crippen molar-refractivity contribution in [3.63, 3.8) is 0 Å². The van der Waals surface area contributed by atoms with Crippen LogP contribution in [0.3, 0.4) is 0 Å². The van der Waals surface area contributed by atoms with Gasteiger partial charge in [0.25, 0.3) is 5.56 Å². The molecule has 0 spiro atoms. The third-order valence-electron chi connectivity index (χ3n) is 5.97. The lowest BCUT2D eigenvalue weighted by Gasteiger charge is -2.15. The summed E-state index contributed by atoms with van der Waals surface area (Å²) in [5.41, 5.74) is -0.130. The summed E-state index contributed by atoms with van der Waals surface area (Å²) >= 11 is 0. The van der Waals surface area contributed by atoms with Crippen LogP contribution < -0.4 is 26.6 Å². The number of carbonyl (C=O) groups excluding carboxylic acids is 2. The minimum Gasteiger partial charge on any atom is -0.492 e. The molecule has 2 heterocycles. The summed E-state index contributed by atoms with van der Waals surface area (Å²) in [7, 11) is 0. The lowest BCUT2D eigenvalue weighted by Crippen LogP contribution is -2.41. The molecule has 4 rings (SSSR count). The molecule has 2 aromatic carbocycles. The minimum atomic E-state index is -0.579. The zero-order chi connectivity index (χ0) is 26.9. The average Bonchev–Trinajstić information content (AvgIpc) is 3.44. The lowest BCUT2D eigenvalue weighted by atomic mass is 10.2. The maximum absolute atomic E-state index is 13.4. The highest BCUT2D eigenvalue weighted by Gasteiger charge is 2.16. The van der Waals surface area contributed by atoms with Crippen molar-refractivity contribution in [1.82, 2.24) is 14.5 Å². The molecule has 0 aliphatic carbocycles. The quantitative estimate of drug-likeness (QED) is 0.277. The predicted octanol–water partition coefficient (Wildman–Crippen LogP) is 3.28. The summed E-state index contributed by atoms with van der Waals surface area (Å²) in [5.74, 6) is 0.613. The molecule has 2 N–H and O–H groups in total. The number of para-hydroxylation sites is 3. The second kappa shape index (κ2) is 12.6. The van der Waals surface area contributed by atoms with E-state index in [0.29, 0.717) is 54.1 Å². The van der Waals surface area contributed by atoms with E-state index in [1.54, 1.807) is 66.9 Å². The van der Waals surface area contributed by atoms with E-state index in [-0.39, 0.29) is 25.4 Å². The summed E-state index contributed by atoms with van der Waals surface area (Å²) in [5, 5.41) is 5.91. The first kappa shape index (κ1) is 26.5. The molecule has 38 heavy (non-hydrogen) atoms. The van der Waals surface area contributed by atoms with Crippen molar-refractivity contribution < 1.29 is 18.7 Å². The van der Waals surface area contributed by atoms with E-state index in [0.717, 1.165) is 4.57 Å². The summed E-state index contributed by atoms with van der Waals surface area (Å²) in [6, 6.07) is 17.3. The van der Waals surface area contributed by atoms with Crippen LogP contribution in [0.25, 0.3) is 10.9 Å². The van der Waals surface area contributed by atoms with Gasteiger partial charge in [-0.05, 0) is 56.2 Å². The molecule has 2 amide bonds. The number of anilines is 1. The van der Waals surface area contributed by atoms with Crippen LogP contribution in [0.5, 0.6) is 5.75 Å². The van der Waals surface area contributed by atoms with Gasteiger partial charge in [-0.1, -0.05) is 24.3 Å². The minimum absolute atomic E-state index is 0.128. The van der Waals surface area contributed by atoms with Crippen LogP contribution in [0.2, 0.25) is 0 Å². The van der Waals surface area contributed by atoms with Crippen molar-refractivity contribution in [2.75, 3.05) is 11.9 Å². The van der Waals surface area contributed by atoms with Crippen LogP contribution in [0.1, 0.15) is 31.9 Å². The first-order chi connectivity index (χ1) is 18.5. The molecule has 10 nitrogen and oxygen atoms in total. The molecule has 198 valence electrons. The van der Waals surface area contributed by atoms with Gasteiger partial charge >= 0.3 is 5.69 Å². The number of hydrogen-bond acceptors (Lipinski definition) is 6. The fourth-order valence-corrected chi connectivity index (χ4v) is 4.15. The standard InChI is InChI=1S/C28H30N4O6/c1-2-37-24-14-6-4-12-22(24)30-26(34)19-32-23-13-5-3-11-21(23)27(35)31(28(32)36)16-8-7-15-25(33)29-18-20-10-9-17-38-20/h3-6,9-14,17H,2,7-8,15-16,18-19H2,1H3,(H,29,33)(H,30,34). The van der Waals surface area contributed by atoms with E-state index in [1.807, 2.05) is 6.92 Å².